The van der Waals surface area contributed by atoms with E-state index in [2.05, 4.69) is 10.3 Å². The standard InChI is InChI=1S/C16H20N2O2/c1-15(2,14(19)20)16(3,4)18-13-9-10-17-12-8-6-5-7-11(12)13/h5-10H,1-4H3,(H,17,18)(H,19,20). The molecule has 20 heavy (non-hydrogen) atoms. The Morgan fingerprint density at radius 2 is 1.80 bits per heavy atom. The van der Waals surface area contributed by atoms with Crippen LogP contribution in [-0.2, 0) is 4.79 Å². The molecular weight excluding hydrogens is 252 g/mol. The second-order valence-corrected chi connectivity index (χ2v) is 6.06. The Hall–Kier alpha value is -2.10. The molecule has 0 spiro atoms. The molecule has 0 aliphatic rings. The molecule has 2 rings (SSSR count). The van der Waals surface area contributed by atoms with Crippen LogP contribution < -0.4 is 5.32 Å². The summed E-state index contributed by atoms with van der Waals surface area (Å²) in [6, 6.07) is 9.68. The van der Waals surface area contributed by atoms with Crippen molar-refractivity contribution in [2.24, 2.45) is 5.41 Å². The largest absolute Gasteiger partial charge is 0.481 e. The number of carboxylic acid groups (broad SMARTS) is 1. The summed E-state index contributed by atoms with van der Waals surface area (Å²) >= 11 is 0. The summed E-state index contributed by atoms with van der Waals surface area (Å²) in [4.78, 5) is 15.8. The van der Waals surface area contributed by atoms with Gasteiger partial charge in [-0.05, 0) is 39.8 Å². The molecule has 106 valence electrons. The van der Waals surface area contributed by atoms with Crippen LogP contribution in [0, 0.1) is 5.41 Å². The Kier molecular flexibility index (Phi) is 3.42. The van der Waals surface area contributed by atoms with Gasteiger partial charge in [0.25, 0.3) is 0 Å². The van der Waals surface area contributed by atoms with Gasteiger partial charge in [0, 0.05) is 22.8 Å². The third-order valence-corrected chi connectivity index (χ3v) is 4.19. The normalized spacial score (nSPS) is 12.4. The van der Waals surface area contributed by atoms with Gasteiger partial charge in [-0.15, -0.1) is 0 Å². The van der Waals surface area contributed by atoms with Gasteiger partial charge in [-0.25, -0.2) is 0 Å². The number of fused-ring (bicyclic) bond motifs is 1. The van der Waals surface area contributed by atoms with Gasteiger partial charge < -0.3 is 10.4 Å². The van der Waals surface area contributed by atoms with Crippen LogP contribution in [0.15, 0.2) is 36.5 Å². The van der Waals surface area contributed by atoms with E-state index in [0.717, 1.165) is 16.6 Å². The summed E-state index contributed by atoms with van der Waals surface area (Å²) < 4.78 is 0. The number of benzene rings is 1. The molecule has 4 heteroatoms. The molecule has 1 aromatic heterocycles. The van der Waals surface area contributed by atoms with Gasteiger partial charge in [0.2, 0.25) is 0 Å². The first-order chi connectivity index (χ1) is 9.25. The molecule has 4 nitrogen and oxygen atoms in total. The van der Waals surface area contributed by atoms with Crippen LogP contribution in [0.2, 0.25) is 0 Å². The summed E-state index contributed by atoms with van der Waals surface area (Å²) in [6.07, 6.45) is 1.73. The summed E-state index contributed by atoms with van der Waals surface area (Å²) in [7, 11) is 0. The van der Waals surface area contributed by atoms with Crippen molar-refractivity contribution < 1.29 is 9.90 Å². The first-order valence-corrected chi connectivity index (χ1v) is 6.61. The van der Waals surface area contributed by atoms with E-state index < -0.39 is 16.9 Å². The molecule has 2 aromatic rings. The minimum Gasteiger partial charge on any atom is -0.481 e. The molecule has 0 atom stereocenters. The zero-order valence-corrected chi connectivity index (χ0v) is 12.3. The van der Waals surface area contributed by atoms with E-state index in [9.17, 15) is 9.90 Å². The molecule has 0 radical (unpaired) electrons. The molecule has 1 aromatic carbocycles. The Balaban J connectivity index is 2.44. The van der Waals surface area contributed by atoms with E-state index in [1.165, 1.54) is 0 Å². The second-order valence-electron chi connectivity index (χ2n) is 6.06. The summed E-state index contributed by atoms with van der Waals surface area (Å²) in [6.45, 7) is 7.25. The third kappa shape index (κ3) is 2.33. The minimum atomic E-state index is -0.905. The molecule has 0 bridgehead atoms. The number of nitrogens with zero attached hydrogens (tertiary/aromatic N) is 1. The van der Waals surface area contributed by atoms with E-state index in [-0.39, 0.29) is 0 Å². The number of hydrogen-bond donors (Lipinski definition) is 2. The number of carboxylic acids is 1. The zero-order valence-electron chi connectivity index (χ0n) is 12.3. The third-order valence-electron chi connectivity index (χ3n) is 4.19. The van der Waals surface area contributed by atoms with Gasteiger partial charge in [0.15, 0.2) is 0 Å². The van der Waals surface area contributed by atoms with Crippen molar-refractivity contribution in [3.05, 3.63) is 36.5 Å². The van der Waals surface area contributed by atoms with Crippen molar-refractivity contribution >= 4 is 22.6 Å². The lowest BCUT2D eigenvalue weighted by atomic mass is 9.74. The van der Waals surface area contributed by atoms with Crippen LogP contribution >= 0.6 is 0 Å². The highest BCUT2D eigenvalue weighted by atomic mass is 16.4. The molecule has 0 unspecified atom stereocenters. The van der Waals surface area contributed by atoms with E-state index in [1.807, 2.05) is 44.2 Å². The summed E-state index contributed by atoms with van der Waals surface area (Å²) in [5.74, 6) is -0.826. The van der Waals surface area contributed by atoms with Crippen molar-refractivity contribution in [1.82, 2.24) is 4.98 Å². The van der Waals surface area contributed by atoms with Crippen molar-refractivity contribution in [2.45, 2.75) is 33.2 Å². The van der Waals surface area contributed by atoms with Gasteiger partial charge in [-0.3, -0.25) is 9.78 Å². The minimum absolute atomic E-state index is 0.608. The topological polar surface area (TPSA) is 62.2 Å². The number of hydrogen-bond acceptors (Lipinski definition) is 3. The average Bonchev–Trinajstić information content (AvgIpc) is 2.38. The molecule has 0 saturated heterocycles. The SMILES string of the molecule is CC(C)(Nc1ccnc2ccccc12)C(C)(C)C(=O)O. The molecular formula is C16H20N2O2. The summed E-state index contributed by atoms with van der Waals surface area (Å²) in [5, 5.41) is 13.8. The molecule has 0 saturated carbocycles. The highest BCUT2D eigenvalue weighted by Gasteiger charge is 2.43. The highest BCUT2D eigenvalue weighted by molar-refractivity contribution is 5.91. The smallest absolute Gasteiger partial charge is 0.311 e. The number of anilines is 1. The first kappa shape index (κ1) is 14.3. The zero-order chi connectivity index (χ0) is 15.0. The van der Waals surface area contributed by atoms with Gasteiger partial charge in [-0.1, -0.05) is 18.2 Å². The van der Waals surface area contributed by atoms with Crippen LogP contribution in [0.25, 0.3) is 10.9 Å². The maximum atomic E-state index is 11.5. The average molecular weight is 272 g/mol. The van der Waals surface area contributed by atoms with Crippen molar-refractivity contribution in [3.8, 4) is 0 Å². The predicted molar refractivity (Wildman–Crippen MR) is 80.9 cm³/mol. The van der Waals surface area contributed by atoms with Crippen LogP contribution in [-0.4, -0.2) is 21.6 Å². The summed E-state index contributed by atoms with van der Waals surface area (Å²) in [5.41, 5.74) is 0.275. The fraction of sp³-hybridized carbons (Fsp3) is 0.375. The molecule has 2 N–H and O–H groups in total. The maximum absolute atomic E-state index is 11.5. The number of aromatic nitrogens is 1. The Bertz CT molecular complexity index is 642. The highest BCUT2D eigenvalue weighted by Crippen LogP contribution is 2.35. The van der Waals surface area contributed by atoms with Crippen LogP contribution in [0.5, 0.6) is 0 Å². The molecule has 1 heterocycles. The Morgan fingerprint density at radius 3 is 2.45 bits per heavy atom. The van der Waals surface area contributed by atoms with Gasteiger partial charge in [0.1, 0.15) is 0 Å². The number of nitrogens with one attached hydrogen (secondary N) is 1. The number of aliphatic carboxylic acids is 1. The van der Waals surface area contributed by atoms with Crippen LogP contribution in [0.3, 0.4) is 0 Å². The first-order valence-electron chi connectivity index (χ1n) is 6.61. The van der Waals surface area contributed by atoms with E-state index in [4.69, 9.17) is 0 Å². The monoisotopic (exact) mass is 272 g/mol. The van der Waals surface area contributed by atoms with Crippen molar-refractivity contribution in [2.75, 3.05) is 5.32 Å². The Morgan fingerprint density at radius 1 is 1.15 bits per heavy atom. The van der Waals surface area contributed by atoms with Crippen molar-refractivity contribution in [3.63, 3.8) is 0 Å². The van der Waals surface area contributed by atoms with Gasteiger partial charge >= 0.3 is 5.97 Å². The van der Waals surface area contributed by atoms with E-state index in [0.29, 0.717) is 0 Å². The van der Waals surface area contributed by atoms with Crippen LogP contribution in [0.1, 0.15) is 27.7 Å². The Labute approximate surface area is 118 Å². The fourth-order valence-corrected chi connectivity index (χ4v) is 1.97. The lowest BCUT2D eigenvalue weighted by molar-refractivity contribution is -0.149. The number of pyridine rings is 1. The maximum Gasteiger partial charge on any atom is 0.311 e. The number of carbonyl (C=O) groups is 1. The van der Waals surface area contributed by atoms with Crippen LogP contribution in [0.4, 0.5) is 5.69 Å². The molecule has 0 fully saturated rings. The second kappa shape index (κ2) is 4.78. The quantitative estimate of drug-likeness (QED) is 0.893. The lowest BCUT2D eigenvalue weighted by Gasteiger charge is -2.39. The lowest BCUT2D eigenvalue weighted by Crippen LogP contribution is -2.50. The van der Waals surface area contributed by atoms with Crippen molar-refractivity contribution in [1.29, 1.82) is 0 Å². The van der Waals surface area contributed by atoms with E-state index >= 15 is 0 Å². The molecule has 0 amide bonds. The van der Waals surface area contributed by atoms with Gasteiger partial charge in [-0.2, -0.15) is 0 Å². The molecule has 0 aliphatic heterocycles. The fourth-order valence-electron chi connectivity index (χ4n) is 1.97. The van der Waals surface area contributed by atoms with Gasteiger partial charge in [0.05, 0.1) is 10.9 Å². The van der Waals surface area contributed by atoms with E-state index in [1.54, 1.807) is 20.0 Å². The predicted octanol–water partition coefficient (Wildman–Crippen LogP) is 3.54. The molecule has 0 aliphatic carbocycles. The number of para-hydroxylation sites is 1. The number of rotatable bonds is 4.